The summed E-state index contributed by atoms with van der Waals surface area (Å²) in [6, 6.07) is 14.2. The molecule has 29 heavy (non-hydrogen) atoms. The predicted octanol–water partition coefficient (Wildman–Crippen LogP) is 5.93. The molecule has 0 spiro atoms. The first-order valence-electron chi connectivity index (χ1n) is 9.90. The number of aromatic nitrogens is 2. The maximum absolute atomic E-state index is 6.65. The maximum Gasteiger partial charge on any atom is 0.166 e. The van der Waals surface area contributed by atoms with Crippen LogP contribution >= 0.6 is 11.6 Å². The number of ether oxygens (including phenoxy) is 1. The van der Waals surface area contributed by atoms with Crippen LogP contribution in [0.4, 0.5) is 0 Å². The molecule has 1 atom stereocenters. The molecule has 1 heterocycles. The van der Waals surface area contributed by atoms with Crippen LogP contribution in [-0.2, 0) is 6.61 Å². The van der Waals surface area contributed by atoms with E-state index in [2.05, 4.69) is 59.9 Å². The molecule has 3 aromatic rings. The summed E-state index contributed by atoms with van der Waals surface area (Å²) < 4.78 is 5.84. The average Bonchev–Trinajstić information content (AvgIpc) is 3.56. The standard InChI is InChI=1S/C25H23ClN2O/c1-17-14-22(29-16-24-27-12-3-13-28-24)15-23(26)25(17)18(2)21-10-8-20(9-11-21)7-6-19-4-5-19/h3,8-15,18-19H,4-5,16H2,1-2H3. The lowest BCUT2D eigenvalue weighted by Gasteiger charge is -2.18. The van der Waals surface area contributed by atoms with Crippen molar-refractivity contribution in [1.29, 1.82) is 0 Å². The first-order valence-corrected chi connectivity index (χ1v) is 10.3. The van der Waals surface area contributed by atoms with Crippen LogP contribution in [0.5, 0.6) is 5.75 Å². The van der Waals surface area contributed by atoms with Gasteiger partial charge >= 0.3 is 0 Å². The van der Waals surface area contributed by atoms with Crippen molar-refractivity contribution in [3.05, 3.63) is 88.0 Å². The Morgan fingerprint density at radius 2 is 1.86 bits per heavy atom. The molecule has 0 aliphatic heterocycles. The molecule has 0 radical (unpaired) electrons. The van der Waals surface area contributed by atoms with Gasteiger partial charge in [0.25, 0.3) is 0 Å². The van der Waals surface area contributed by atoms with Gasteiger partial charge in [-0.15, -0.1) is 0 Å². The van der Waals surface area contributed by atoms with E-state index in [1.165, 1.54) is 18.4 Å². The van der Waals surface area contributed by atoms with E-state index < -0.39 is 0 Å². The Morgan fingerprint density at radius 3 is 2.52 bits per heavy atom. The molecule has 0 N–H and O–H groups in total. The van der Waals surface area contributed by atoms with Gasteiger partial charge in [-0.1, -0.05) is 42.5 Å². The minimum atomic E-state index is 0.180. The van der Waals surface area contributed by atoms with Crippen LogP contribution in [0.25, 0.3) is 0 Å². The van der Waals surface area contributed by atoms with Crippen molar-refractivity contribution < 1.29 is 4.74 Å². The van der Waals surface area contributed by atoms with Crippen molar-refractivity contribution in [2.24, 2.45) is 5.92 Å². The summed E-state index contributed by atoms with van der Waals surface area (Å²) >= 11 is 6.65. The van der Waals surface area contributed by atoms with Gasteiger partial charge in [-0.2, -0.15) is 0 Å². The van der Waals surface area contributed by atoms with Crippen LogP contribution in [0.2, 0.25) is 5.02 Å². The third-order valence-corrected chi connectivity index (χ3v) is 5.45. The topological polar surface area (TPSA) is 35.0 Å². The van der Waals surface area contributed by atoms with Crippen LogP contribution in [0.15, 0.2) is 54.9 Å². The lowest BCUT2D eigenvalue weighted by Crippen LogP contribution is -2.03. The minimum absolute atomic E-state index is 0.180. The molecule has 1 unspecified atom stereocenters. The van der Waals surface area contributed by atoms with Gasteiger partial charge in [-0.3, -0.25) is 0 Å². The zero-order valence-electron chi connectivity index (χ0n) is 16.7. The summed E-state index contributed by atoms with van der Waals surface area (Å²) in [6.45, 7) is 4.56. The molecule has 4 heteroatoms. The molecule has 0 saturated heterocycles. The van der Waals surface area contributed by atoms with Gasteiger partial charge < -0.3 is 4.74 Å². The lowest BCUT2D eigenvalue weighted by atomic mass is 9.89. The second-order valence-electron chi connectivity index (χ2n) is 7.48. The molecule has 0 bridgehead atoms. The first-order chi connectivity index (χ1) is 14.1. The van der Waals surface area contributed by atoms with Gasteiger partial charge in [0.15, 0.2) is 5.82 Å². The molecule has 1 aliphatic carbocycles. The summed E-state index contributed by atoms with van der Waals surface area (Å²) in [5, 5.41) is 0.707. The zero-order valence-corrected chi connectivity index (χ0v) is 17.4. The Hall–Kier alpha value is -2.83. The number of rotatable bonds is 5. The number of nitrogens with zero attached hydrogens (tertiary/aromatic N) is 2. The molecule has 146 valence electrons. The van der Waals surface area contributed by atoms with E-state index >= 15 is 0 Å². The van der Waals surface area contributed by atoms with Gasteiger partial charge in [0.1, 0.15) is 12.4 Å². The summed E-state index contributed by atoms with van der Waals surface area (Å²) in [6.07, 6.45) is 5.91. The fourth-order valence-corrected chi connectivity index (χ4v) is 3.76. The van der Waals surface area contributed by atoms with Gasteiger partial charge in [-0.05, 0) is 66.8 Å². The molecule has 1 fully saturated rings. The molecule has 0 amide bonds. The zero-order chi connectivity index (χ0) is 20.2. The Bertz CT molecular complexity index is 1020. The van der Waals surface area contributed by atoms with E-state index in [9.17, 15) is 0 Å². The smallest absolute Gasteiger partial charge is 0.166 e. The summed E-state index contributed by atoms with van der Waals surface area (Å²) in [7, 11) is 0. The molecular weight excluding hydrogens is 380 g/mol. The van der Waals surface area contributed by atoms with Gasteiger partial charge in [0.05, 0.1) is 0 Å². The lowest BCUT2D eigenvalue weighted by molar-refractivity contribution is 0.295. The first kappa shape index (κ1) is 19.5. The average molecular weight is 403 g/mol. The molecule has 1 saturated carbocycles. The van der Waals surface area contributed by atoms with Gasteiger partial charge in [0.2, 0.25) is 0 Å². The third-order valence-electron chi connectivity index (χ3n) is 5.14. The van der Waals surface area contributed by atoms with Crippen molar-refractivity contribution >= 4 is 11.6 Å². The van der Waals surface area contributed by atoms with E-state index in [0.29, 0.717) is 23.4 Å². The van der Waals surface area contributed by atoms with E-state index in [4.69, 9.17) is 16.3 Å². The number of hydrogen-bond acceptors (Lipinski definition) is 3. The monoisotopic (exact) mass is 402 g/mol. The Morgan fingerprint density at radius 1 is 1.14 bits per heavy atom. The number of halogens is 1. The van der Waals surface area contributed by atoms with Crippen molar-refractivity contribution in [3.8, 4) is 17.6 Å². The van der Waals surface area contributed by atoms with Crippen molar-refractivity contribution in [1.82, 2.24) is 9.97 Å². The van der Waals surface area contributed by atoms with Crippen LogP contribution < -0.4 is 4.74 Å². The van der Waals surface area contributed by atoms with Gasteiger partial charge in [-0.25, -0.2) is 9.97 Å². The van der Waals surface area contributed by atoms with Crippen molar-refractivity contribution in [3.63, 3.8) is 0 Å². The second kappa shape index (κ2) is 8.68. The third kappa shape index (κ3) is 4.96. The quantitative estimate of drug-likeness (QED) is 0.496. The SMILES string of the molecule is Cc1cc(OCc2ncccn2)cc(Cl)c1C(C)c1ccc(C#CC2CC2)cc1. The fraction of sp³-hybridized carbons (Fsp3) is 0.280. The molecular formula is C25H23ClN2O. The van der Waals surface area contributed by atoms with Gasteiger partial charge in [0, 0.05) is 34.8 Å². The molecule has 1 aliphatic rings. The van der Waals surface area contributed by atoms with Crippen LogP contribution in [-0.4, -0.2) is 9.97 Å². The van der Waals surface area contributed by atoms with E-state index in [1.807, 2.05) is 12.1 Å². The van der Waals surface area contributed by atoms with E-state index in [1.54, 1.807) is 18.5 Å². The van der Waals surface area contributed by atoms with Crippen molar-refractivity contribution in [2.75, 3.05) is 0 Å². The normalized spacial score (nSPS) is 14.0. The Kier molecular flexibility index (Phi) is 5.83. The van der Waals surface area contributed by atoms with Crippen molar-refractivity contribution in [2.45, 2.75) is 39.2 Å². The molecule has 1 aromatic heterocycles. The predicted molar refractivity (Wildman–Crippen MR) is 116 cm³/mol. The summed E-state index contributed by atoms with van der Waals surface area (Å²) in [5.41, 5.74) is 4.51. The fourth-order valence-electron chi connectivity index (χ4n) is 3.34. The van der Waals surface area contributed by atoms with Crippen LogP contribution in [0.3, 0.4) is 0 Å². The highest BCUT2D eigenvalue weighted by molar-refractivity contribution is 6.31. The Balaban J connectivity index is 1.49. The minimum Gasteiger partial charge on any atom is -0.486 e. The number of aryl methyl sites for hydroxylation is 1. The molecule has 3 nitrogen and oxygen atoms in total. The van der Waals surface area contributed by atoms with Crippen LogP contribution in [0.1, 0.15) is 53.8 Å². The molecule has 4 rings (SSSR count). The summed E-state index contributed by atoms with van der Waals surface area (Å²) in [4.78, 5) is 8.36. The Labute approximate surface area is 177 Å². The largest absolute Gasteiger partial charge is 0.486 e. The maximum atomic E-state index is 6.65. The number of hydrogen-bond donors (Lipinski definition) is 0. The highest BCUT2D eigenvalue weighted by atomic mass is 35.5. The van der Waals surface area contributed by atoms with E-state index in [-0.39, 0.29) is 5.92 Å². The summed E-state index contributed by atoms with van der Waals surface area (Å²) in [5.74, 6) is 8.74. The van der Waals surface area contributed by atoms with E-state index in [0.717, 1.165) is 22.4 Å². The highest BCUT2D eigenvalue weighted by Gasteiger charge is 2.18. The second-order valence-corrected chi connectivity index (χ2v) is 7.88. The molecule has 2 aromatic carbocycles. The number of benzene rings is 2. The highest BCUT2D eigenvalue weighted by Crippen LogP contribution is 2.36. The van der Waals surface area contributed by atoms with Crippen LogP contribution in [0, 0.1) is 24.7 Å².